The standard InChI is InChI=1S/C52H31NO3/c1-2-10-39-33(8-1)9-7-13-40(39)34-18-23-37(24-19-34)53(38-25-26-42-41-11-3-5-14-45(41)56-50(42)31-38)36-21-16-32(17-22-36)35-20-27-47-44(30-35)52-49(55-47)29-28-48-51(52)43-12-4-6-15-46(43)54-48/h1-31H. The third kappa shape index (κ3) is 4.73. The Labute approximate surface area is 321 Å². The number of fused-ring (bicyclic) bond motifs is 11. The summed E-state index contributed by atoms with van der Waals surface area (Å²) >= 11 is 0. The fraction of sp³-hybridized carbons (Fsp3) is 0. The number of hydrogen-bond acceptors (Lipinski definition) is 4. The van der Waals surface area contributed by atoms with E-state index >= 15 is 0 Å². The van der Waals surface area contributed by atoms with Crippen molar-refractivity contribution in [3.63, 3.8) is 0 Å². The second-order valence-corrected chi connectivity index (χ2v) is 14.5. The number of hydrogen-bond donors (Lipinski definition) is 0. The van der Waals surface area contributed by atoms with Gasteiger partial charge >= 0.3 is 0 Å². The molecular formula is C52H31NO3. The third-order valence-corrected chi connectivity index (χ3v) is 11.3. The Morgan fingerprint density at radius 2 is 0.804 bits per heavy atom. The van der Waals surface area contributed by atoms with Gasteiger partial charge in [-0.2, -0.15) is 0 Å². The van der Waals surface area contributed by atoms with E-state index in [0.29, 0.717) is 0 Å². The molecule has 0 unspecified atom stereocenters. The maximum Gasteiger partial charge on any atom is 0.137 e. The lowest BCUT2D eigenvalue weighted by Crippen LogP contribution is -2.09. The zero-order valence-electron chi connectivity index (χ0n) is 30.1. The molecule has 0 fully saturated rings. The molecule has 4 heteroatoms. The van der Waals surface area contributed by atoms with Gasteiger partial charge in [-0.1, -0.05) is 109 Å². The second-order valence-electron chi connectivity index (χ2n) is 14.5. The highest BCUT2D eigenvalue weighted by Crippen LogP contribution is 2.43. The number of nitrogens with zero attached hydrogens (tertiary/aromatic N) is 1. The van der Waals surface area contributed by atoms with Gasteiger partial charge in [0.15, 0.2) is 0 Å². The first-order valence-corrected chi connectivity index (χ1v) is 18.9. The molecule has 0 radical (unpaired) electrons. The Kier molecular flexibility index (Phi) is 6.60. The van der Waals surface area contributed by atoms with Crippen molar-refractivity contribution in [2.45, 2.75) is 0 Å². The molecular weight excluding hydrogens is 687 g/mol. The van der Waals surface area contributed by atoms with Crippen LogP contribution in [0.2, 0.25) is 0 Å². The maximum absolute atomic E-state index is 6.37. The fourth-order valence-corrected chi connectivity index (χ4v) is 8.63. The predicted molar refractivity (Wildman–Crippen MR) is 231 cm³/mol. The molecule has 0 N–H and O–H groups in total. The van der Waals surface area contributed by atoms with Gasteiger partial charge in [0.1, 0.15) is 33.5 Å². The highest BCUT2D eigenvalue weighted by molar-refractivity contribution is 6.26. The van der Waals surface area contributed by atoms with Crippen molar-refractivity contribution >= 4 is 93.7 Å². The van der Waals surface area contributed by atoms with Gasteiger partial charge in [-0.25, -0.2) is 0 Å². The average molecular weight is 718 g/mol. The lowest BCUT2D eigenvalue weighted by molar-refractivity contribution is 0.663. The normalized spacial score (nSPS) is 11.9. The minimum absolute atomic E-state index is 0.857. The molecule has 262 valence electrons. The van der Waals surface area contributed by atoms with E-state index in [1.807, 2.05) is 36.4 Å². The van der Waals surface area contributed by atoms with Crippen LogP contribution in [0.1, 0.15) is 0 Å². The van der Waals surface area contributed by atoms with E-state index in [9.17, 15) is 0 Å². The van der Waals surface area contributed by atoms with Gasteiger partial charge < -0.3 is 18.2 Å². The summed E-state index contributed by atoms with van der Waals surface area (Å²) in [6, 6.07) is 66.2. The van der Waals surface area contributed by atoms with Crippen LogP contribution in [0.5, 0.6) is 0 Å². The van der Waals surface area contributed by atoms with Crippen LogP contribution in [0.4, 0.5) is 17.1 Å². The molecule has 0 aliphatic rings. The average Bonchev–Trinajstić information content (AvgIpc) is 3.94. The summed E-state index contributed by atoms with van der Waals surface area (Å²) in [5.74, 6) is 0. The van der Waals surface area contributed by atoms with Crippen molar-refractivity contribution in [3.8, 4) is 22.3 Å². The maximum atomic E-state index is 6.37. The largest absolute Gasteiger partial charge is 0.456 e. The molecule has 0 saturated carbocycles. The van der Waals surface area contributed by atoms with Gasteiger partial charge in [0, 0.05) is 55.4 Å². The van der Waals surface area contributed by atoms with Crippen molar-refractivity contribution in [1.82, 2.24) is 0 Å². The molecule has 56 heavy (non-hydrogen) atoms. The van der Waals surface area contributed by atoms with Crippen molar-refractivity contribution < 1.29 is 13.3 Å². The molecule has 9 aromatic carbocycles. The van der Waals surface area contributed by atoms with E-state index in [4.69, 9.17) is 13.3 Å². The smallest absolute Gasteiger partial charge is 0.137 e. The molecule has 3 aromatic heterocycles. The molecule has 12 rings (SSSR count). The topological polar surface area (TPSA) is 42.7 Å². The van der Waals surface area contributed by atoms with Crippen LogP contribution >= 0.6 is 0 Å². The van der Waals surface area contributed by atoms with Gasteiger partial charge in [0.05, 0.1) is 0 Å². The van der Waals surface area contributed by atoms with Gasteiger partial charge in [-0.15, -0.1) is 0 Å². The third-order valence-electron chi connectivity index (χ3n) is 11.3. The zero-order valence-corrected chi connectivity index (χ0v) is 30.1. The van der Waals surface area contributed by atoms with E-state index in [-0.39, 0.29) is 0 Å². The minimum atomic E-state index is 0.857. The highest BCUT2D eigenvalue weighted by Gasteiger charge is 2.19. The van der Waals surface area contributed by atoms with Gasteiger partial charge in [-0.05, 0) is 106 Å². The Balaban J connectivity index is 0.974. The Bertz CT molecular complexity index is 3470. The van der Waals surface area contributed by atoms with E-state index < -0.39 is 0 Å². The Hall–Kier alpha value is -7.56. The molecule has 4 nitrogen and oxygen atoms in total. The number of para-hydroxylation sites is 2. The summed E-state index contributed by atoms with van der Waals surface area (Å²) in [5.41, 5.74) is 13.0. The van der Waals surface area contributed by atoms with E-state index in [0.717, 1.165) is 94.0 Å². The monoisotopic (exact) mass is 717 g/mol. The molecule has 0 atom stereocenters. The molecule has 0 bridgehead atoms. The summed E-state index contributed by atoms with van der Waals surface area (Å²) in [6.45, 7) is 0. The fourth-order valence-electron chi connectivity index (χ4n) is 8.63. The molecule has 0 saturated heterocycles. The van der Waals surface area contributed by atoms with Crippen molar-refractivity contribution in [2.24, 2.45) is 0 Å². The minimum Gasteiger partial charge on any atom is -0.456 e. The van der Waals surface area contributed by atoms with Crippen LogP contribution in [0.3, 0.4) is 0 Å². The van der Waals surface area contributed by atoms with Crippen LogP contribution < -0.4 is 4.90 Å². The van der Waals surface area contributed by atoms with Crippen LogP contribution in [0, 0.1) is 0 Å². The first-order valence-electron chi connectivity index (χ1n) is 18.9. The SMILES string of the molecule is c1ccc2c(-c3ccc(N(c4ccc(-c5ccc6oc7ccc8oc9ccccc9c8c7c6c5)cc4)c4ccc5c(c4)oc4ccccc45)cc3)cccc2c1. The number of benzene rings is 9. The summed E-state index contributed by atoms with van der Waals surface area (Å²) in [4.78, 5) is 2.30. The second kappa shape index (κ2) is 12.0. The van der Waals surface area contributed by atoms with Crippen LogP contribution in [-0.2, 0) is 0 Å². The lowest BCUT2D eigenvalue weighted by Gasteiger charge is -2.26. The summed E-state index contributed by atoms with van der Waals surface area (Å²) < 4.78 is 19.0. The molecule has 3 heterocycles. The number of furan rings is 3. The van der Waals surface area contributed by atoms with E-state index in [1.54, 1.807) is 0 Å². The van der Waals surface area contributed by atoms with Crippen molar-refractivity contribution in [3.05, 3.63) is 188 Å². The van der Waals surface area contributed by atoms with Crippen molar-refractivity contribution in [2.75, 3.05) is 4.90 Å². The van der Waals surface area contributed by atoms with Crippen LogP contribution in [0.15, 0.2) is 201 Å². The lowest BCUT2D eigenvalue weighted by atomic mass is 9.98. The summed E-state index contributed by atoms with van der Waals surface area (Å²) in [5, 5.41) is 9.05. The highest BCUT2D eigenvalue weighted by atomic mass is 16.3. The zero-order chi connectivity index (χ0) is 36.7. The Morgan fingerprint density at radius 1 is 0.286 bits per heavy atom. The van der Waals surface area contributed by atoms with Crippen LogP contribution in [-0.4, -0.2) is 0 Å². The Morgan fingerprint density at radius 3 is 1.57 bits per heavy atom. The van der Waals surface area contributed by atoms with Crippen LogP contribution in [0.25, 0.3) is 98.8 Å². The van der Waals surface area contributed by atoms with Gasteiger partial charge in [-0.3, -0.25) is 0 Å². The summed E-state index contributed by atoms with van der Waals surface area (Å²) in [6.07, 6.45) is 0. The first-order chi connectivity index (χ1) is 27.7. The molecule has 0 spiro atoms. The molecule has 0 amide bonds. The molecule has 12 aromatic rings. The predicted octanol–water partition coefficient (Wildman–Crippen LogP) is 15.3. The van der Waals surface area contributed by atoms with E-state index in [2.05, 4.69) is 157 Å². The summed E-state index contributed by atoms with van der Waals surface area (Å²) in [7, 11) is 0. The quantitative estimate of drug-likeness (QED) is 0.178. The van der Waals surface area contributed by atoms with Gasteiger partial charge in [0.2, 0.25) is 0 Å². The number of rotatable bonds is 5. The van der Waals surface area contributed by atoms with Gasteiger partial charge in [0.25, 0.3) is 0 Å². The number of anilines is 3. The van der Waals surface area contributed by atoms with Crippen molar-refractivity contribution in [1.29, 1.82) is 0 Å². The molecule has 0 aliphatic carbocycles. The molecule has 0 aliphatic heterocycles. The van der Waals surface area contributed by atoms with E-state index in [1.165, 1.54) is 21.9 Å². The first kappa shape index (κ1) is 30.9.